The highest BCUT2D eigenvalue weighted by Gasteiger charge is 2.35. The van der Waals surface area contributed by atoms with Crippen LogP contribution in [0.1, 0.15) is 38.5 Å². The number of aromatic nitrogens is 2. The van der Waals surface area contributed by atoms with Crippen molar-refractivity contribution in [3.05, 3.63) is 52.7 Å². The Balaban J connectivity index is 1.39. The van der Waals surface area contributed by atoms with Gasteiger partial charge < -0.3 is 9.64 Å². The van der Waals surface area contributed by atoms with Gasteiger partial charge in [0.15, 0.2) is 6.61 Å². The van der Waals surface area contributed by atoms with E-state index in [1.165, 1.54) is 10.9 Å². The smallest absolute Gasteiger partial charge is 0.326 e. The van der Waals surface area contributed by atoms with Gasteiger partial charge in [-0.2, -0.15) is 0 Å². The lowest BCUT2D eigenvalue weighted by Crippen LogP contribution is -2.37. The van der Waals surface area contributed by atoms with Crippen LogP contribution >= 0.6 is 0 Å². The first-order chi connectivity index (χ1) is 13.6. The summed E-state index contributed by atoms with van der Waals surface area (Å²) in [5, 5.41) is 0.443. The van der Waals surface area contributed by atoms with Crippen LogP contribution in [-0.2, 0) is 20.9 Å². The van der Waals surface area contributed by atoms with Gasteiger partial charge in [0, 0.05) is 11.7 Å². The van der Waals surface area contributed by atoms with Crippen LogP contribution in [0.3, 0.4) is 0 Å². The van der Waals surface area contributed by atoms with Crippen LogP contribution in [0.2, 0.25) is 0 Å². The van der Waals surface area contributed by atoms with Crippen LogP contribution < -0.4 is 5.56 Å². The summed E-state index contributed by atoms with van der Waals surface area (Å²) in [6.45, 7) is -0.571. The van der Waals surface area contributed by atoms with E-state index in [0.29, 0.717) is 10.9 Å². The van der Waals surface area contributed by atoms with Crippen molar-refractivity contribution in [2.75, 3.05) is 6.61 Å². The van der Waals surface area contributed by atoms with Crippen molar-refractivity contribution >= 4 is 22.8 Å². The van der Waals surface area contributed by atoms with Crippen molar-refractivity contribution < 1.29 is 14.3 Å². The molecular weight excluding hydrogens is 358 g/mol. The van der Waals surface area contributed by atoms with E-state index in [4.69, 9.17) is 4.74 Å². The Morgan fingerprint density at radius 3 is 2.79 bits per heavy atom. The molecule has 2 aliphatic rings. The quantitative estimate of drug-likeness (QED) is 0.718. The van der Waals surface area contributed by atoms with Crippen LogP contribution in [0.4, 0.5) is 0 Å². The van der Waals surface area contributed by atoms with Crippen molar-refractivity contribution in [3.63, 3.8) is 0 Å². The minimum Gasteiger partial charge on any atom is -0.454 e. The van der Waals surface area contributed by atoms with E-state index in [2.05, 4.69) is 11.1 Å². The number of hydrogen-bond acceptors (Lipinski definition) is 5. The third-order valence-electron chi connectivity index (χ3n) is 5.14. The molecule has 2 aliphatic carbocycles. The second-order valence-electron chi connectivity index (χ2n) is 7.29. The molecule has 146 valence electrons. The highest BCUT2D eigenvalue weighted by atomic mass is 16.5. The van der Waals surface area contributed by atoms with Crippen LogP contribution in [0.15, 0.2) is 47.2 Å². The molecule has 28 heavy (non-hydrogen) atoms. The van der Waals surface area contributed by atoms with Crippen LogP contribution in [0.5, 0.6) is 0 Å². The Bertz CT molecular complexity index is 991. The van der Waals surface area contributed by atoms with Crippen molar-refractivity contribution in [2.45, 2.75) is 51.1 Å². The molecule has 0 bridgehead atoms. The summed E-state index contributed by atoms with van der Waals surface area (Å²) in [6, 6.07) is 7.19. The van der Waals surface area contributed by atoms with Crippen LogP contribution in [0, 0.1) is 0 Å². The van der Waals surface area contributed by atoms with Crippen LogP contribution in [0.25, 0.3) is 10.9 Å². The molecule has 1 aromatic heterocycles. The zero-order valence-corrected chi connectivity index (χ0v) is 15.7. The number of benzene rings is 1. The first-order valence-electron chi connectivity index (χ1n) is 9.74. The largest absolute Gasteiger partial charge is 0.454 e. The summed E-state index contributed by atoms with van der Waals surface area (Å²) >= 11 is 0. The number of ether oxygens (including phenoxy) is 1. The number of carbonyl (C=O) groups is 2. The van der Waals surface area contributed by atoms with E-state index < -0.39 is 5.97 Å². The summed E-state index contributed by atoms with van der Waals surface area (Å²) in [6.07, 6.45) is 9.57. The first-order valence-corrected chi connectivity index (χ1v) is 9.74. The van der Waals surface area contributed by atoms with E-state index in [9.17, 15) is 14.4 Å². The number of para-hydroxylation sites is 1. The fourth-order valence-electron chi connectivity index (χ4n) is 3.59. The average Bonchev–Trinajstić information content (AvgIpc) is 3.55. The topological polar surface area (TPSA) is 81.5 Å². The zero-order chi connectivity index (χ0) is 19.5. The lowest BCUT2D eigenvalue weighted by molar-refractivity contribution is -0.152. The zero-order valence-electron chi connectivity index (χ0n) is 15.7. The third kappa shape index (κ3) is 3.98. The second-order valence-corrected chi connectivity index (χ2v) is 7.29. The predicted molar refractivity (Wildman–Crippen MR) is 103 cm³/mol. The summed E-state index contributed by atoms with van der Waals surface area (Å²) in [4.78, 5) is 43.3. The molecule has 2 aromatic rings. The molecule has 0 saturated heterocycles. The van der Waals surface area contributed by atoms with Gasteiger partial charge in [-0.1, -0.05) is 18.2 Å². The molecule has 1 fully saturated rings. The lowest BCUT2D eigenvalue weighted by Gasteiger charge is -2.27. The van der Waals surface area contributed by atoms with Gasteiger partial charge in [0.2, 0.25) is 0 Å². The number of carbonyl (C=O) groups excluding carboxylic acids is 2. The molecule has 7 heteroatoms. The Kier molecular flexibility index (Phi) is 5.23. The Hall–Kier alpha value is -2.96. The Morgan fingerprint density at radius 2 is 2.04 bits per heavy atom. The minimum absolute atomic E-state index is 0.187. The first kappa shape index (κ1) is 18.4. The van der Waals surface area contributed by atoms with Crippen molar-refractivity contribution in [1.29, 1.82) is 0 Å². The molecule has 0 atom stereocenters. The fraction of sp³-hybridized carbons (Fsp3) is 0.429. The average molecular weight is 381 g/mol. The van der Waals surface area contributed by atoms with E-state index in [0.717, 1.165) is 44.2 Å². The molecule has 1 amide bonds. The highest BCUT2D eigenvalue weighted by molar-refractivity contribution is 5.83. The summed E-state index contributed by atoms with van der Waals surface area (Å²) in [5.41, 5.74) is 1.33. The number of allylic oxidation sites excluding steroid dienone is 2. The lowest BCUT2D eigenvalue weighted by atomic mass is 10.0. The van der Waals surface area contributed by atoms with Gasteiger partial charge in [0.25, 0.3) is 11.5 Å². The summed E-state index contributed by atoms with van der Waals surface area (Å²) in [5.74, 6) is -0.811. The molecule has 1 heterocycles. The molecule has 0 spiro atoms. The number of rotatable bonds is 6. The Morgan fingerprint density at radius 1 is 1.21 bits per heavy atom. The molecule has 7 nitrogen and oxygen atoms in total. The number of nitrogens with zero attached hydrogens (tertiary/aromatic N) is 3. The van der Waals surface area contributed by atoms with Crippen molar-refractivity contribution in [2.24, 2.45) is 0 Å². The molecule has 0 aliphatic heterocycles. The molecule has 0 unspecified atom stereocenters. The standard InChI is InChI=1S/C21H23N3O4/c25-19(24(16-10-11-16)15-6-2-1-3-7-15)13-28-20(26)12-23-14-22-18-9-5-4-8-17(18)21(23)27/h4-6,8-9,14,16H,1-3,7,10-13H2. The molecule has 4 rings (SSSR count). The van der Waals surface area contributed by atoms with Gasteiger partial charge in [0.1, 0.15) is 6.54 Å². The Labute approximate surface area is 162 Å². The normalized spacial score (nSPS) is 16.5. The monoisotopic (exact) mass is 381 g/mol. The van der Waals surface area contributed by atoms with Crippen molar-refractivity contribution in [3.8, 4) is 0 Å². The molecule has 1 aromatic carbocycles. The number of fused-ring (bicyclic) bond motifs is 1. The highest BCUT2D eigenvalue weighted by Crippen LogP contribution is 2.33. The van der Waals surface area contributed by atoms with E-state index >= 15 is 0 Å². The van der Waals surface area contributed by atoms with Crippen LogP contribution in [-0.4, -0.2) is 39.0 Å². The minimum atomic E-state index is -0.624. The van der Waals surface area contributed by atoms with Gasteiger partial charge in [-0.3, -0.25) is 19.0 Å². The fourth-order valence-corrected chi connectivity index (χ4v) is 3.59. The van der Waals surface area contributed by atoms with Crippen molar-refractivity contribution in [1.82, 2.24) is 14.5 Å². The maximum Gasteiger partial charge on any atom is 0.326 e. The number of amides is 1. The van der Waals surface area contributed by atoms with Gasteiger partial charge in [-0.25, -0.2) is 4.98 Å². The molecular formula is C21H23N3O4. The maximum absolute atomic E-state index is 12.6. The SMILES string of the molecule is O=C(Cn1cnc2ccccc2c1=O)OCC(=O)N(C1=CCCCC1)C1CC1. The van der Waals surface area contributed by atoms with Gasteiger partial charge in [-0.15, -0.1) is 0 Å². The summed E-state index contributed by atoms with van der Waals surface area (Å²) in [7, 11) is 0. The number of hydrogen-bond donors (Lipinski definition) is 0. The van der Waals surface area contributed by atoms with E-state index in [-0.39, 0.29) is 30.7 Å². The van der Waals surface area contributed by atoms with Gasteiger partial charge >= 0.3 is 5.97 Å². The van der Waals surface area contributed by atoms with Gasteiger partial charge in [-0.05, 0) is 50.7 Å². The maximum atomic E-state index is 12.6. The van der Waals surface area contributed by atoms with Gasteiger partial charge in [0.05, 0.1) is 17.2 Å². The summed E-state index contributed by atoms with van der Waals surface area (Å²) < 4.78 is 6.39. The predicted octanol–water partition coefficient (Wildman–Crippen LogP) is 2.39. The van der Waals surface area contributed by atoms with E-state index in [1.54, 1.807) is 24.3 Å². The van der Waals surface area contributed by atoms with E-state index in [1.807, 2.05) is 4.90 Å². The molecule has 0 radical (unpaired) electrons. The third-order valence-corrected chi connectivity index (χ3v) is 5.14. The molecule has 1 saturated carbocycles. The number of esters is 1. The second kappa shape index (κ2) is 7.96. The molecule has 0 N–H and O–H groups in total.